The van der Waals surface area contributed by atoms with Crippen LogP contribution in [0.5, 0.6) is 0 Å². The van der Waals surface area contributed by atoms with E-state index in [1.165, 1.54) is 0 Å². The van der Waals surface area contributed by atoms with Crippen molar-refractivity contribution in [3.8, 4) is 0 Å². The number of aliphatic carboxylic acids is 1. The molecule has 4 atom stereocenters. The second-order valence-corrected chi connectivity index (χ2v) is 2.60. The minimum absolute atomic E-state index is 0.787. The van der Waals surface area contributed by atoms with Gasteiger partial charge in [0.1, 0.15) is 24.4 Å². The highest BCUT2D eigenvalue weighted by Gasteiger charge is 2.32. The Morgan fingerprint density at radius 3 is 2.00 bits per heavy atom. The Bertz CT molecular complexity index is 175. The molecular weight excluding hydrogens is 182 g/mol. The lowest BCUT2D eigenvalue weighted by atomic mass is 10.0. The Morgan fingerprint density at radius 2 is 1.69 bits per heavy atom. The first-order valence-corrected chi connectivity index (χ1v) is 3.55. The van der Waals surface area contributed by atoms with E-state index in [4.69, 9.17) is 31.3 Å². The van der Waals surface area contributed by atoms with Crippen LogP contribution in [-0.2, 0) is 4.79 Å². The number of carbonyl (C=O) groups is 1. The highest BCUT2D eigenvalue weighted by molar-refractivity contribution is 5.74. The number of hydrogen-bond donors (Lipinski definition) is 6. The fourth-order valence-corrected chi connectivity index (χ4v) is 0.694. The van der Waals surface area contributed by atoms with Crippen molar-refractivity contribution in [2.45, 2.75) is 24.4 Å². The molecule has 0 spiro atoms. The monoisotopic (exact) mass is 195 g/mol. The lowest BCUT2D eigenvalue weighted by Gasteiger charge is -2.23. The summed E-state index contributed by atoms with van der Waals surface area (Å²) >= 11 is 0. The first-order chi connectivity index (χ1) is 5.91. The van der Waals surface area contributed by atoms with Gasteiger partial charge in [0.25, 0.3) is 0 Å². The van der Waals surface area contributed by atoms with Gasteiger partial charge < -0.3 is 31.3 Å². The average molecular weight is 195 g/mol. The summed E-state index contributed by atoms with van der Waals surface area (Å²) in [5.41, 5.74) is 4.95. The molecular formula is C6H13NO6. The van der Waals surface area contributed by atoms with Gasteiger partial charge in [0.15, 0.2) is 0 Å². The van der Waals surface area contributed by atoms with E-state index in [0.717, 1.165) is 0 Å². The SMILES string of the molecule is N[C@H](C(=O)O)C(O)C(O)C(O)CO. The van der Waals surface area contributed by atoms with Crippen molar-refractivity contribution >= 4 is 5.97 Å². The van der Waals surface area contributed by atoms with Crippen LogP contribution in [0.3, 0.4) is 0 Å². The highest BCUT2D eigenvalue weighted by atomic mass is 16.4. The number of carboxylic acids is 1. The third-order valence-electron chi connectivity index (χ3n) is 1.58. The van der Waals surface area contributed by atoms with Crippen LogP contribution in [0.2, 0.25) is 0 Å². The van der Waals surface area contributed by atoms with Crippen LogP contribution in [0, 0.1) is 0 Å². The zero-order valence-corrected chi connectivity index (χ0v) is 6.74. The van der Waals surface area contributed by atoms with Gasteiger partial charge in [-0.25, -0.2) is 0 Å². The zero-order valence-electron chi connectivity index (χ0n) is 6.74. The summed E-state index contributed by atoms with van der Waals surface area (Å²) in [6.45, 7) is -0.787. The summed E-state index contributed by atoms with van der Waals surface area (Å²) in [6.07, 6.45) is -5.21. The molecule has 0 aliphatic rings. The van der Waals surface area contributed by atoms with Gasteiger partial charge in [-0.05, 0) is 0 Å². The fourth-order valence-electron chi connectivity index (χ4n) is 0.694. The third kappa shape index (κ3) is 3.25. The van der Waals surface area contributed by atoms with Gasteiger partial charge in [-0.15, -0.1) is 0 Å². The number of nitrogens with two attached hydrogens (primary N) is 1. The number of aliphatic hydroxyl groups excluding tert-OH is 4. The quantitative estimate of drug-likeness (QED) is 0.266. The number of carboxylic acid groups (broad SMARTS) is 1. The van der Waals surface area contributed by atoms with E-state index in [1.807, 2.05) is 0 Å². The molecule has 0 aromatic heterocycles. The van der Waals surface area contributed by atoms with Crippen molar-refractivity contribution in [1.82, 2.24) is 0 Å². The van der Waals surface area contributed by atoms with Crippen molar-refractivity contribution in [1.29, 1.82) is 0 Å². The number of rotatable bonds is 5. The maximum Gasteiger partial charge on any atom is 0.323 e. The molecule has 78 valence electrons. The molecule has 0 aromatic rings. The summed E-state index contributed by atoms with van der Waals surface area (Å²) in [5, 5.41) is 43.5. The molecule has 7 heteroatoms. The fraction of sp³-hybridized carbons (Fsp3) is 0.833. The lowest BCUT2D eigenvalue weighted by Crippen LogP contribution is -2.52. The molecule has 13 heavy (non-hydrogen) atoms. The van der Waals surface area contributed by atoms with E-state index in [1.54, 1.807) is 0 Å². The normalized spacial score (nSPS) is 20.4. The van der Waals surface area contributed by atoms with Gasteiger partial charge in [-0.2, -0.15) is 0 Å². The molecule has 7 nitrogen and oxygen atoms in total. The van der Waals surface area contributed by atoms with Crippen LogP contribution in [0.4, 0.5) is 0 Å². The van der Waals surface area contributed by atoms with Gasteiger partial charge in [-0.3, -0.25) is 4.79 Å². The van der Waals surface area contributed by atoms with Gasteiger partial charge in [0.05, 0.1) is 6.61 Å². The summed E-state index contributed by atoms with van der Waals surface area (Å²) < 4.78 is 0. The maximum atomic E-state index is 10.2. The summed E-state index contributed by atoms with van der Waals surface area (Å²) in [4.78, 5) is 10.2. The van der Waals surface area contributed by atoms with E-state index in [0.29, 0.717) is 0 Å². The minimum atomic E-state index is -1.82. The molecule has 0 fully saturated rings. The Morgan fingerprint density at radius 1 is 1.23 bits per heavy atom. The van der Waals surface area contributed by atoms with E-state index in [2.05, 4.69) is 0 Å². The topological polar surface area (TPSA) is 144 Å². The molecule has 0 heterocycles. The number of aliphatic hydroxyl groups is 4. The van der Waals surface area contributed by atoms with E-state index in [-0.39, 0.29) is 0 Å². The Kier molecular flexibility index (Phi) is 4.81. The van der Waals surface area contributed by atoms with Crippen LogP contribution in [-0.4, -0.2) is 62.5 Å². The van der Waals surface area contributed by atoms with E-state index in [9.17, 15) is 4.79 Å². The highest BCUT2D eigenvalue weighted by Crippen LogP contribution is 2.03. The van der Waals surface area contributed by atoms with Gasteiger partial charge in [-0.1, -0.05) is 0 Å². The smallest absolute Gasteiger partial charge is 0.323 e. The predicted octanol–water partition coefficient (Wildman–Crippen LogP) is -3.53. The van der Waals surface area contributed by atoms with Crippen LogP contribution >= 0.6 is 0 Å². The van der Waals surface area contributed by atoms with Crippen molar-refractivity contribution < 1.29 is 30.3 Å². The van der Waals surface area contributed by atoms with Crippen LogP contribution < -0.4 is 5.73 Å². The Balaban J connectivity index is 4.24. The molecule has 0 amide bonds. The van der Waals surface area contributed by atoms with Crippen molar-refractivity contribution in [3.05, 3.63) is 0 Å². The van der Waals surface area contributed by atoms with Crippen LogP contribution in [0.15, 0.2) is 0 Å². The minimum Gasteiger partial charge on any atom is -0.480 e. The molecule has 0 saturated carbocycles. The van der Waals surface area contributed by atoms with Gasteiger partial charge in [0.2, 0.25) is 0 Å². The third-order valence-corrected chi connectivity index (χ3v) is 1.58. The van der Waals surface area contributed by atoms with Gasteiger partial charge in [0, 0.05) is 0 Å². The molecule has 0 rings (SSSR count). The molecule has 7 N–H and O–H groups in total. The predicted molar refractivity (Wildman–Crippen MR) is 40.7 cm³/mol. The average Bonchev–Trinajstić information content (AvgIpc) is 2.12. The standard InChI is InChI=1S/C6H13NO6/c7-3(6(12)13)5(11)4(10)2(9)1-8/h2-5,8-11H,1,7H2,(H,12,13)/t2?,3-,4?,5?/m0/s1. The zero-order chi connectivity index (χ0) is 10.6. The molecule has 0 aromatic carbocycles. The summed E-state index contributed by atoms with van der Waals surface area (Å²) in [6, 6.07) is -1.70. The Hall–Kier alpha value is -0.730. The maximum absolute atomic E-state index is 10.2. The second kappa shape index (κ2) is 5.10. The van der Waals surface area contributed by atoms with Crippen LogP contribution in [0.25, 0.3) is 0 Å². The Labute approximate surface area is 74.0 Å². The first-order valence-electron chi connectivity index (χ1n) is 3.55. The first kappa shape index (κ1) is 12.3. The van der Waals surface area contributed by atoms with Crippen molar-refractivity contribution in [2.24, 2.45) is 5.73 Å². The molecule has 3 unspecified atom stereocenters. The van der Waals surface area contributed by atoms with Crippen molar-refractivity contribution in [2.75, 3.05) is 6.61 Å². The molecule has 0 saturated heterocycles. The number of hydrogen-bond acceptors (Lipinski definition) is 6. The van der Waals surface area contributed by atoms with Crippen LogP contribution in [0.1, 0.15) is 0 Å². The molecule has 0 bridgehead atoms. The van der Waals surface area contributed by atoms with Gasteiger partial charge >= 0.3 is 5.97 Å². The van der Waals surface area contributed by atoms with E-state index < -0.39 is 36.9 Å². The lowest BCUT2D eigenvalue weighted by molar-refractivity contribution is -0.146. The molecule has 0 aliphatic carbocycles. The van der Waals surface area contributed by atoms with E-state index >= 15 is 0 Å². The van der Waals surface area contributed by atoms with Crippen molar-refractivity contribution in [3.63, 3.8) is 0 Å². The second-order valence-electron chi connectivity index (χ2n) is 2.60. The molecule has 0 aliphatic heterocycles. The summed E-state index contributed by atoms with van der Waals surface area (Å²) in [5.74, 6) is -1.50. The largest absolute Gasteiger partial charge is 0.480 e. The molecule has 0 radical (unpaired) electrons. The summed E-state index contributed by atoms with van der Waals surface area (Å²) in [7, 11) is 0.